The maximum Gasteiger partial charge on any atom is 0.311 e. The second-order valence-electron chi connectivity index (χ2n) is 6.36. The summed E-state index contributed by atoms with van der Waals surface area (Å²) in [5.74, 6) is -0.877. The Labute approximate surface area is 139 Å². The number of carboxylic acids is 1. The molecule has 0 atom stereocenters. The van der Waals surface area contributed by atoms with Crippen molar-refractivity contribution in [1.29, 1.82) is 0 Å². The van der Waals surface area contributed by atoms with E-state index in [1.807, 2.05) is 29.6 Å². The van der Waals surface area contributed by atoms with Crippen LogP contribution in [0, 0.1) is 5.41 Å². The van der Waals surface area contributed by atoms with Gasteiger partial charge in [0.15, 0.2) is 0 Å². The van der Waals surface area contributed by atoms with Crippen LogP contribution in [-0.4, -0.2) is 23.5 Å². The van der Waals surface area contributed by atoms with Gasteiger partial charge in [-0.2, -0.15) is 0 Å². The van der Waals surface area contributed by atoms with Crippen LogP contribution in [0.15, 0.2) is 29.6 Å². The maximum atomic E-state index is 12.3. The van der Waals surface area contributed by atoms with Gasteiger partial charge in [0, 0.05) is 11.2 Å². The van der Waals surface area contributed by atoms with E-state index in [-0.39, 0.29) is 12.5 Å². The first-order chi connectivity index (χ1) is 11.1. The summed E-state index contributed by atoms with van der Waals surface area (Å²) < 4.78 is 1.17. The highest BCUT2D eigenvalue weighted by atomic mass is 32.1. The summed E-state index contributed by atoms with van der Waals surface area (Å²) in [7, 11) is 0. The third-order valence-corrected chi connectivity index (χ3v) is 5.81. The van der Waals surface area contributed by atoms with Crippen LogP contribution in [0.25, 0.3) is 10.1 Å². The molecule has 1 aromatic heterocycles. The molecule has 0 radical (unpaired) electrons. The van der Waals surface area contributed by atoms with Crippen molar-refractivity contribution in [2.45, 2.75) is 38.5 Å². The van der Waals surface area contributed by atoms with E-state index in [9.17, 15) is 14.7 Å². The van der Waals surface area contributed by atoms with Crippen LogP contribution in [-0.2, 0) is 16.0 Å². The Morgan fingerprint density at radius 3 is 2.65 bits per heavy atom. The average Bonchev–Trinajstić information content (AvgIpc) is 2.97. The molecule has 1 aromatic carbocycles. The third kappa shape index (κ3) is 3.39. The van der Waals surface area contributed by atoms with Crippen molar-refractivity contribution in [3.05, 3.63) is 35.2 Å². The molecule has 1 saturated carbocycles. The number of thiophene rings is 1. The van der Waals surface area contributed by atoms with E-state index in [2.05, 4.69) is 5.32 Å². The molecule has 0 spiro atoms. The molecule has 1 aliphatic rings. The smallest absolute Gasteiger partial charge is 0.311 e. The van der Waals surface area contributed by atoms with Gasteiger partial charge in [-0.25, -0.2) is 0 Å². The van der Waals surface area contributed by atoms with Gasteiger partial charge in [0.25, 0.3) is 0 Å². The molecule has 5 heteroatoms. The standard InChI is InChI=1S/C18H21NO3S/c20-16(10-13-11-23-15-7-3-2-6-14(13)15)19-12-18(17(21)22)8-4-1-5-9-18/h2-3,6-7,11H,1,4-5,8-10,12H2,(H,19,20)(H,21,22). The van der Waals surface area contributed by atoms with Crippen LogP contribution in [0.5, 0.6) is 0 Å². The predicted molar refractivity (Wildman–Crippen MR) is 91.7 cm³/mol. The number of rotatable bonds is 5. The van der Waals surface area contributed by atoms with Crippen LogP contribution in [0.2, 0.25) is 0 Å². The number of fused-ring (bicyclic) bond motifs is 1. The summed E-state index contributed by atoms with van der Waals surface area (Å²) in [6.07, 6.45) is 4.56. The quantitative estimate of drug-likeness (QED) is 0.880. The van der Waals surface area contributed by atoms with Gasteiger partial charge in [-0.05, 0) is 35.2 Å². The number of hydrogen-bond donors (Lipinski definition) is 2. The molecule has 1 amide bonds. The number of aliphatic carboxylic acids is 1. The van der Waals surface area contributed by atoms with Gasteiger partial charge in [-0.1, -0.05) is 37.5 Å². The third-order valence-electron chi connectivity index (χ3n) is 4.80. The van der Waals surface area contributed by atoms with Crippen LogP contribution in [0.3, 0.4) is 0 Å². The first kappa shape index (κ1) is 16.0. The molecule has 0 bridgehead atoms. The molecule has 23 heavy (non-hydrogen) atoms. The lowest BCUT2D eigenvalue weighted by Gasteiger charge is -2.33. The maximum absolute atomic E-state index is 12.3. The molecule has 4 nitrogen and oxygen atoms in total. The SMILES string of the molecule is O=C(Cc1csc2ccccc12)NCC1(C(=O)O)CCCCC1. The van der Waals surface area contributed by atoms with E-state index in [0.29, 0.717) is 19.3 Å². The second-order valence-corrected chi connectivity index (χ2v) is 7.27. The minimum absolute atomic E-state index is 0.0975. The van der Waals surface area contributed by atoms with Crippen LogP contribution in [0.4, 0.5) is 0 Å². The Kier molecular flexibility index (Phi) is 4.66. The van der Waals surface area contributed by atoms with Crippen molar-refractivity contribution < 1.29 is 14.7 Å². The van der Waals surface area contributed by atoms with E-state index >= 15 is 0 Å². The van der Waals surface area contributed by atoms with Crippen molar-refractivity contribution in [1.82, 2.24) is 5.32 Å². The largest absolute Gasteiger partial charge is 0.481 e. The van der Waals surface area contributed by atoms with Gasteiger partial charge in [-0.15, -0.1) is 11.3 Å². The fraction of sp³-hybridized carbons (Fsp3) is 0.444. The van der Waals surface area contributed by atoms with Crippen molar-refractivity contribution >= 4 is 33.3 Å². The van der Waals surface area contributed by atoms with Crippen molar-refractivity contribution in [2.24, 2.45) is 5.41 Å². The number of nitrogens with one attached hydrogen (secondary N) is 1. The second kappa shape index (κ2) is 6.71. The molecule has 1 fully saturated rings. The molecule has 1 aliphatic carbocycles. The first-order valence-corrected chi connectivity index (χ1v) is 8.94. The van der Waals surface area contributed by atoms with E-state index < -0.39 is 11.4 Å². The number of carbonyl (C=O) groups excluding carboxylic acids is 1. The summed E-state index contributed by atoms with van der Waals surface area (Å²) in [5.41, 5.74) is 0.237. The van der Waals surface area contributed by atoms with E-state index in [4.69, 9.17) is 0 Å². The topological polar surface area (TPSA) is 66.4 Å². The molecule has 3 rings (SSSR count). The highest BCUT2D eigenvalue weighted by Gasteiger charge is 2.39. The fourth-order valence-corrected chi connectivity index (χ4v) is 4.33. The highest BCUT2D eigenvalue weighted by molar-refractivity contribution is 7.17. The number of carbonyl (C=O) groups is 2. The molecule has 2 aromatic rings. The number of amides is 1. The molecule has 122 valence electrons. The van der Waals surface area contributed by atoms with Gasteiger partial charge in [-0.3, -0.25) is 9.59 Å². The fourth-order valence-electron chi connectivity index (χ4n) is 3.37. The van der Waals surface area contributed by atoms with E-state index in [1.165, 1.54) is 4.70 Å². The van der Waals surface area contributed by atoms with Crippen LogP contribution < -0.4 is 5.32 Å². The van der Waals surface area contributed by atoms with Crippen LogP contribution in [0.1, 0.15) is 37.7 Å². The Morgan fingerprint density at radius 1 is 1.17 bits per heavy atom. The summed E-state index contributed by atoms with van der Waals surface area (Å²) in [6.45, 7) is 0.239. The van der Waals surface area contributed by atoms with Gasteiger partial charge in [0.2, 0.25) is 5.91 Å². The molecule has 0 aliphatic heterocycles. The molecule has 0 saturated heterocycles. The van der Waals surface area contributed by atoms with Gasteiger partial charge >= 0.3 is 5.97 Å². The minimum Gasteiger partial charge on any atom is -0.481 e. The summed E-state index contributed by atoms with van der Waals surface area (Å²) >= 11 is 1.63. The lowest BCUT2D eigenvalue weighted by atomic mass is 9.74. The van der Waals surface area contributed by atoms with Crippen molar-refractivity contribution in [3.63, 3.8) is 0 Å². The summed E-state index contributed by atoms with van der Waals surface area (Å²) in [4.78, 5) is 23.9. The first-order valence-electron chi connectivity index (χ1n) is 8.06. The predicted octanol–water partition coefficient (Wildman–Crippen LogP) is 3.60. The van der Waals surface area contributed by atoms with Gasteiger partial charge < -0.3 is 10.4 Å². The summed E-state index contributed by atoms with van der Waals surface area (Å²) in [6, 6.07) is 8.03. The normalized spacial score (nSPS) is 17.0. The minimum atomic E-state index is -0.779. The van der Waals surface area contributed by atoms with Gasteiger partial charge in [0.05, 0.1) is 11.8 Å². The Morgan fingerprint density at radius 2 is 1.91 bits per heavy atom. The highest BCUT2D eigenvalue weighted by Crippen LogP contribution is 2.36. The zero-order chi connectivity index (χ0) is 16.3. The van der Waals surface area contributed by atoms with E-state index in [1.54, 1.807) is 11.3 Å². The Bertz CT molecular complexity index is 716. The molecule has 0 unspecified atom stereocenters. The number of hydrogen-bond acceptors (Lipinski definition) is 3. The van der Waals surface area contributed by atoms with Gasteiger partial charge in [0.1, 0.15) is 0 Å². The van der Waals surface area contributed by atoms with Crippen LogP contribution >= 0.6 is 11.3 Å². The van der Waals surface area contributed by atoms with E-state index in [0.717, 1.165) is 30.2 Å². The average molecular weight is 331 g/mol. The zero-order valence-electron chi connectivity index (χ0n) is 13.0. The molecular weight excluding hydrogens is 310 g/mol. The lowest BCUT2D eigenvalue weighted by Crippen LogP contribution is -2.44. The Hall–Kier alpha value is -1.88. The number of benzene rings is 1. The molecular formula is C18H21NO3S. The van der Waals surface area contributed by atoms with Crippen molar-refractivity contribution in [3.8, 4) is 0 Å². The molecule has 1 heterocycles. The monoisotopic (exact) mass is 331 g/mol. The molecule has 2 N–H and O–H groups in total. The Balaban J connectivity index is 1.64. The van der Waals surface area contributed by atoms with Crippen molar-refractivity contribution in [2.75, 3.05) is 6.54 Å². The zero-order valence-corrected chi connectivity index (χ0v) is 13.8. The summed E-state index contributed by atoms with van der Waals surface area (Å²) in [5, 5.41) is 15.5. The number of carboxylic acid groups (broad SMARTS) is 1. The lowest BCUT2D eigenvalue weighted by molar-refractivity contribution is -0.151.